The van der Waals surface area contributed by atoms with E-state index in [0.717, 1.165) is 11.8 Å². The number of rotatable bonds is 5. The fourth-order valence-corrected chi connectivity index (χ4v) is 2.16. The number of nitrogens with zero attached hydrogens (tertiary/aromatic N) is 4. The number of hydrogen-bond donors (Lipinski definition) is 1. The first-order chi connectivity index (χ1) is 12.1. The Balaban J connectivity index is 1.89. The summed E-state index contributed by atoms with van der Waals surface area (Å²) in [4.78, 5) is 26.1. The number of aromatic nitrogens is 3. The Morgan fingerprint density at radius 2 is 2.04 bits per heavy atom. The van der Waals surface area contributed by atoms with Crippen LogP contribution in [0.1, 0.15) is 10.4 Å². The van der Waals surface area contributed by atoms with Gasteiger partial charge in [-0.1, -0.05) is 18.2 Å². The zero-order valence-electron chi connectivity index (χ0n) is 13.1. The maximum absolute atomic E-state index is 11.5. The molecule has 3 aromatic rings. The van der Waals surface area contributed by atoms with Gasteiger partial charge >= 0.3 is 11.7 Å². The number of carbonyl (C=O) groups excluding carboxylic acids is 1. The van der Waals surface area contributed by atoms with Crippen LogP contribution in [0.25, 0.3) is 5.69 Å². The highest BCUT2D eigenvalue weighted by atomic mass is 16.6. The van der Waals surface area contributed by atoms with Gasteiger partial charge in [0.15, 0.2) is 0 Å². The Labute approximate surface area is 142 Å². The summed E-state index contributed by atoms with van der Waals surface area (Å²) >= 11 is 0. The molecule has 0 aliphatic carbocycles. The van der Waals surface area contributed by atoms with E-state index in [4.69, 9.17) is 0 Å². The zero-order chi connectivity index (χ0) is 17.8. The highest BCUT2D eigenvalue weighted by Gasteiger charge is 2.20. The molecule has 0 radical (unpaired) electrons. The van der Waals surface area contributed by atoms with Crippen molar-refractivity contribution in [3.63, 3.8) is 0 Å². The van der Waals surface area contributed by atoms with Crippen LogP contribution in [0.3, 0.4) is 0 Å². The Morgan fingerprint density at radius 3 is 2.72 bits per heavy atom. The van der Waals surface area contributed by atoms with E-state index in [1.54, 1.807) is 10.9 Å². The highest BCUT2D eigenvalue weighted by Crippen LogP contribution is 2.26. The van der Waals surface area contributed by atoms with Gasteiger partial charge in [-0.3, -0.25) is 10.1 Å². The number of benzene rings is 1. The van der Waals surface area contributed by atoms with Gasteiger partial charge in [-0.05, 0) is 12.1 Å². The van der Waals surface area contributed by atoms with E-state index in [1.807, 2.05) is 30.3 Å². The quantitative estimate of drug-likeness (QED) is 0.432. The SMILES string of the molecule is COC(=O)c1cnc(Nc2cnn(-c3ccccc3)c2)c([N+](=O)[O-])c1. The average Bonchev–Trinajstić information content (AvgIpc) is 3.10. The molecule has 126 valence electrons. The molecule has 0 bridgehead atoms. The predicted molar refractivity (Wildman–Crippen MR) is 89.1 cm³/mol. The van der Waals surface area contributed by atoms with Crippen LogP contribution in [0.15, 0.2) is 55.0 Å². The summed E-state index contributed by atoms with van der Waals surface area (Å²) in [5.41, 5.74) is 1.03. The number of methoxy groups -OCH3 is 1. The minimum atomic E-state index is -0.695. The topological polar surface area (TPSA) is 112 Å². The Morgan fingerprint density at radius 1 is 1.28 bits per heavy atom. The van der Waals surface area contributed by atoms with Crippen LogP contribution in [-0.4, -0.2) is 32.8 Å². The molecule has 0 atom stereocenters. The Bertz CT molecular complexity index is 923. The maximum Gasteiger partial charge on any atom is 0.339 e. The number of anilines is 2. The summed E-state index contributed by atoms with van der Waals surface area (Å²) in [5.74, 6) is -0.690. The van der Waals surface area contributed by atoms with Crippen LogP contribution in [0.5, 0.6) is 0 Å². The minimum absolute atomic E-state index is 0.000249. The van der Waals surface area contributed by atoms with Crippen LogP contribution in [0, 0.1) is 10.1 Å². The molecule has 0 aliphatic rings. The lowest BCUT2D eigenvalue weighted by Crippen LogP contribution is -2.06. The highest BCUT2D eigenvalue weighted by molar-refractivity contribution is 5.90. The summed E-state index contributed by atoms with van der Waals surface area (Å²) in [6.07, 6.45) is 4.41. The van der Waals surface area contributed by atoms with Crippen molar-refractivity contribution in [1.82, 2.24) is 14.8 Å². The fourth-order valence-electron chi connectivity index (χ4n) is 2.16. The maximum atomic E-state index is 11.5. The van der Waals surface area contributed by atoms with Crippen molar-refractivity contribution in [3.8, 4) is 5.69 Å². The standard InChI is InChI=1S/C16H13N5O4/c1-25-16(22)11-7-14(21(23)24)15(17-8-11)19-12-9-18-20(10-12)13-5-3-2-4-6-13/h2-10H,1H3,(H,17,19). The van der Waals surface area contributed by atoms with Crippen molar-refractivity contribution >= 4 is 23.2 Å². The average molecular weight is 339 g/mol. The van der Waals surface area contributed by atoms with Crippen molar-refractivity contribution < 1.29 is 14.5 Å². The van der Waals surface area contributed by atoms with Gasteiger partial charge in [0.2, 0.25) is 5.82 Å². The number of para-hydroxylation sites is 1. The molecule has 2 aromatic heterocycles. The first-order valence-corrected chi connectivity index (χ1v) is 7.18. The number of nitro groups is 1. The van der Waals surface area contributed by atoms with E-state index in [9.17, 15) is 14.9 Å². The molecule has 9 nitrogen and oxygen atoms in total. The molecule has 0 saturated heterocycles. The second-order valence-electron chi connectivity index (χ2n) is 4.97. The van der Waals surface area contributed by atoms with Gasteiger partial charge in [-0.25, -0.2) is 14.5 Å². The normalized spacial score (nSPS) is 10.3. The minimum Gasteiger partial charge on any atom is -0.465 e. The third kappa shape index (κ3) is 3.44. The van der Waals surface area contributed by atoms with E-state index in [-0.39, 0.29) is 17.1 Å². The second-order valence-corrected chi connectivity index (χ2v) is 4.97. The lowest BCUT2D eigenvalue weighted by atomic mass is 10.2. The largest absolute Gasteiger partial charge is 0.465 e. The third-order valence-corrected chi connectivity index (χ3v) is 3.35. The molecule has 9 heteroatoms. The van der Waals surface area contributed by atoms with Crippen LogP contribution < -0.4 is 5.32 Å². The molecule has 25 heavy (non-hydrogen) atoms. The molecule has 0 spiro atoms. The lowest BCUT2D eigenvalue weighted by molar-refractivity contribution is -0.384. The Kier molecular flexibility index (Phi) is 4.38. The smallest absolute Gasteiger partial charge is 0.339 e. The summed E-state index contributed by atoms with van der Waals surface area (Å²) in [5, 5.41) is 18.3. The molecule has 0 amide bonds. The molecular weight excluding hydrogens is 326 g/mol. The summed E-state index contributed by atoms with van der Waals surface area (Å²) < 4.78 is 6.17. The van der Waals surface area contributed by atoms with Crippen molar-refractivity contribution in [2.75, 3.05) is 12.4 Å². The van der Waals surface area contributed by atoms with Crippen LogP contribution >= 0.6 is 0 Å². The van der Waals surface area contributed by atoms with Crippen molar-refractivity contribution in [2.24, 2.45) is 0 Å². The third-order valence-electron chi connectivity index (χ3n) is 3.35. The van der Waals surface area contributed by atoms with Crippen LogP contribution in [0.2, 0.25) is 0 Å². The van der Waals surface area contributed by atoms with Gasteiger partial charge in [-0.2, -0.15) is 5.10 Å². The monoisotopic (exact) mass is 339 g/mol. The van der Waals surface area contributed by atoms with E-state index in [0.29, 0.717) is 5.69 Å². The van der Waals surface area contributed by atoms with Gasteiger partial charge < -0.3 is 10.1 Å². The summed E-state index contributed by atoms with van der Waals surface area (Å²) in [6.45, 7) is 0. The molecule has 0 unspecified atom stereocenters. The number of pyridine rings is 1. The van der Waals surface area contributed by atoms with E-state index >= 15 is 0 Å². The molecule has 1 N–H and O–H groups in total. The molecule has 0 saturated carbocycles. The molecular formula is C16H13N5O4. The predicted octanol–water partition coefficient (Wildman–Crippen LogP) is 2.71. The van der Waals surface area contributed by atoms with Crippen molar-refractivity contribution in [3.05, 3.63) is 70.7 Å². The number of carbonyl (C=O) groups is 1. The van der Waals surface area contributed by atoms with Crippen LogP contribution in [-0.2, 0) is 4.74 Å². The van der Waals surface area contributed by atoms with Gasteiger partial charge in [0.05, 0.1) is 41.4 Å². The molecule has 2 heterocycles. The van der Waals surface area contributed by atoms with Gasteiger partial charge in [0.25, 0.3) is 0 Å². The van der Waals surface area contributed by atoms with Crippen molar-refractivity contribution in [1.29, 1.82) is 0 Å². The summed E-state index contributed by atoms with van der Waals surface area (Å²) in [6, 6.07) is 10.5. The van der Waals surface area contributed by atoms with Gasteiger partial charge in [0.1, 0.15) is 0 Å². The molecule has 0 fully saturated rings. The zero-order valence-corrected chi connectivity index (χ0v) is 13.1. The summed E-state index contributed by atoms with van der Waals surface area (Å²) in [7, 11) is 1.19. The fraction of sp³-hybridized carbons (Fsp3) is 0.0625. The molecule has 3 rings (SSSR count). The first kappa shape index (κ1) is 16.1. The first-order valence-electron chi connectivity index (χ1n) is 7.18. The number of ether oxygens (including phenoxy) is 1. The molecule has 1 aromatic carbocycles. The second kappa shape index (κ2) is 6.79. The van der Waals surface area contributed by atoms with E-state index in [1.165, 1.54) is 19.5 Å². The van der Waals surface area contributed by atoms with Gasteiger partial charge in [0, 0.05) is 12.3 Å². The number of hydrogen-bond acceptors (Lipinski definition) is 7. The van der Waals surface area contributed by atoms with Crippen LogP contribution in [0.4, 0.5) is 17.2 Å². The van der Waals surface area contributed by atoms with E-state index in [2.05, 4.69) is 20.1 Å². The Hall–Kier alpha value is -3.75. The number of nitrogens with one attached hydrogen (secondary N) is 1. The van der Waals surface area contributed by atoms with Crippen molar-refractivity contribution in [2.45, 2.75) is 0 Å². The van der Waals surface area contributed by atoms with Gasteiger partial charge in [-0.15, -0.1) is 0 Å². The van der Waals surface area contributed by atoms with E-state index < -0.39 is 10.9 Å². The lowest BCUT2D eigenvalue weighted by Gasteiger charge is -2.05. The number of esters is 1. The molecule has 0 aliphatic heterocycles.